The molecule has 0 aromatic heterocycles. The number of sulfone groups is 1. The fraction of sp³-hybridized carbons (Fsp3) is 0.364. The lowest BCUT2D eigenvalue weighted by atomic mass is 9.68. The molecule has 4 rings (SSSR count). The summed E-state index contributed by atoms with van der Waals surface area (Å²) >= 11 is 5.92. The van der Waals surface area contributed by atoms with Gasteiger partial charge in [0.1, 0.15) is 10.6 Å². The average Bonchev–Trinajstić information content (AvgIpc) is 2.70. The van der Waals surface area contributed by atoms with Crippen molar-refractivity contribution < 1.29 is 21.9 Å². The maximum atomic E-state index is 15.1. The molecule has 0 amide bonds. The first-order valence-corrected chi connectivity index (χ1v) is 11.2. The van der Waals surface area contributed by atoms with Crippen molar-refractivity contribution in [2.24, 2.45) is 11.8 Å². The third-order valence-electron chi connectivity index (χ3n) is 6.12. The van der Waals surface area contributed by atoms with Gasteiger partial charge in [-0.1, -0.05) is 11.6 Å². The SMILES string of the molecule is C#CC[C@@H]1CC[C@@]2(S(=O)(=O)c3ccc(Cl)cc3)c3c(F)ccc(F)c3OC[C@H]2C1. The van der Waals surface area contributed by atoms with E-state index in [0.717, 1.165) is 12.1 Å². The van der Waals surface area contributed by atoms with Crippen molar-refractivity contribution in [3.8, 4) is 18.1 Å². The van der Waals surface area contributed by atoms with Gasteiger partial charge in [-0.2, -0.15) is 0 Å². The van der Waals surface area contributed by atoms with E-state index in [4.69, 9.17) is 22.8 Å². The number of rotatable bonds is 3. The van der Waals surface area contributed by atoms with Gasteiger partial charge in [0.25, 0.3) is 0 Å². The lowest BCUT2D eigenvalue weighted by Gasteiger charge is -2.49. The van der Waals surface area contributed by atoms with Crippen LogP contribution < -0.4 is 4.74 Å². The zero-order valence-electron chi connectivity index (χ0n) is 15.5. The highest BCUT2D eigenvalue weighted by Crippen LogP contribution is 2.57. The van der Waals surface area contributed by atoms with Gasteiger partial charge in [0, 0.05) is 17.4 Å². The molecule has 2 aliphatic rings. The third kappa shape index (κ3) is 3.03. The largest absolute Gasteiger partial charge is 0.490 e. The van der Waals surface area contributed by atoms with Gasteiger partial charge >= 0.3 is 0 Å². The van der Waals surface area contributed by atoms with E-state index in [2.05, 4.69) is 5.92 Å². The van der Waals surface area contributed by atoms with Crippen LogP contribution in [0.5, 0.6) is 5.75 Å². The normalized spacial score (nSPS) is 26.0. The Labute approximate surface area is 173 Å². The Hall–Kier alpha value is -2.10. The molecule has 1 fully saturated rings. The Bertz CT molecular complexity index is 1090. The fourth-order valence-corrected chi connectivity index (χ4v) is 7.27. The number of fused-ring (bicyclic) bond motifs is 3. The molecule has 152 valence electrons. The van der Waals surface area contributed by atoms with Crippen LogP contribution in [0.25, 0.3) is 0 Å². The molecule has 0 saturated heterocycles. The number of hydrogen-bond donors (Lipinski definition) is 0. The maximum absolute atomic E-state index is 15.1. The van der Waals surface area contributed by atoms with Gasteiger partial charge in [0.15, 0.2) is 21.4 Å². The predicted molar refractivity (Wildman–Crippen MR) is 106 cm³/mol. The van der Waals surface area contributed by atoms with Crippen LogP contribution in [-0.2, 0) is 14.6 Å². The van der Waals surface area contributed by atoms with Crippen molar-refractivity contribution in [1.82, 2.24) is 0 Å². The second-order valence-corrected chi connectivity index (χ2v) is 10.3. The molecule has 2 aromatic carbocycles. The molecule has 3 nitrogen and oxygen atoms in total. The van der Waals surface area contributed by atoms with E-state index in [9.17, 15) is 12.8 Å². The number of ether oxygens (including phenoxy) is 1. The van der Waals surface area contributed by atoms with Gasteiger partial charge < -0.3 is 4.74 Å². The van der Waals surface area contributed by atoms with Crippen LogP contribution in [0, 0.1) is 35.8 Å². The van der Waals surface area contributed by atoms with Gasteiger partial charge in [-0.15, -0.1) is 12.3 Å². The van der Waals surface area contributed by atoms with Crippen molar-refractivity contribution in [2.45, 2.75) is 35.3 Å². The Morgan fingerprint density at radius 2 is 1.86 bits per heavy atom. The van der Waals surface area contributed by atoms with Crippen LogP contribution in [-0.4, -0.2) is 15.0 Å². The molecule has 0 N–H and O–H groups in total. The van der Waals surface area contributed by atoms with Gasteiger partial charge in [-0.25, -0.2) is 17.2 Å². The molecule has 7 heteroatoms. The van der Waals surface area contributed by atoms with Crippen LogP contribution in [0.2, 0.25) is 5.02 Å². The molecule has 0 radical (unpaired) electrons. The minimum Gasteiger partial charge on any atom is -0.490 e. The molecule has 0 unspecified atom stereocenters. The summed E-state index contributed by atoms with van der Waals surface area (Å²) < 4.78 is 61.3. The summed E-state index contributed by atoms with van der Waals surface area (Å²) in [5, 5.41) is 0.389. The second kappa shape index (κ2) is 7.30. The Kier molecular flexibility index (Phi) is 5.08. The van der Waals surface area contributed by atoms with E-state index in [-0.39, 0.29) is 35.2 Å². The summed E-state index contributed by atoms with van der Waals surface area (Å²) in [6.45, 7) is -0.0126. The van der Waals surface area contributed by atoms with Gasteiger partial charge in [-0.05, 0) is 61.6 Å². The minimum atomic E-state index is -4.09. The molecule has 1 aliphatic carbocycles. The van der Waals surface area contributed by atoms with E-state index in [1.807, 2.05) is 0 Å². The standard InChI is InChI=1S/C22H19ClF2O3S/c1-2-3-14-10-11-22(29(26,27)17-6-4-16(23)5-7-17)15(12-14)13-28-21-19(25)9-8-18(24)20(21)22/h1,4-9,14-15H,3,10-13H2/t14-,15-,22+/m1/s1. The average molecular weight is 437 g/mol. The summed E-state index contributed by atoms with van der Waals surface area (Å²) in [6.07, 6.45) is 7.07. The lowest BCUT2D eigenvalue weighted by molar-refractivity contribution is 0.0993. The number of benzene rings is 2. The van der Waals surface area contributed by atoms with Crippen molar-refractivity contribution in [1.29, 1.82) is 0 Å². The number of hydrogen-bond acceptors (Lipinski definition) is 3. The van der Waals surface area contributed by atoms with Crippen LogP contribution in [0.1, 0.15) is 31.2 Å². The summed E-state index contributed by atoms with van der Waals surface area (Å²) in [4.78, 5) is 0.0267. The van der Waals surface area contributed by atoms with Crippen LogP contribution >= 0.6 is 11.6 Å². The molecular formula is C22H19ClF2O3S. The second-order valence-electron chi connectivity index (χ2n) is 7.64. The van der Waals surface area contributed by atoms with Gasteiger partial charge in [0.05, 0.1) is 17.1 Å². The highest BCUT2D eigenvalue weighted by molar-refractivity contribution is 7.92. The Morgan fingerprint density at radius 3 is 2.55 bits per heavy atom. The molecule has 0 bridgehead atoms. The van der Waals surface area contributed by atoms with Crippen LogP contribution in [0.15, 0.2) is 41.3 Å². The van der Waals surface area contributed by atoms with Crippen molar-refractivity contribution in [3.63, 3.8) is 0 Å². The smallest absolute Gasteiger partial charge is 0.188 e. The third-order valence-corrected chi connectivity index (χ3v) is 8.97. The number of terminal acetylenes is 1. The van der Waals surface area contributed by atoms with Crippen LogP contribution in [0.4, 0.5) is 8.78 Å². The Balaban J connectivity index is 1.96. The van der Waals surface area contributed by atoms with E-state index in [0.29, 0.717) is 24.3 Å². The minimum absolute atomic E-state index is 0.0126. The molecule has 1 heterocycles. The molecule has 0 spiro atoms. The van der Waals surface area contributed by atoms with Crippen molar-refractivity contribution in [3.05, 3.63) is 58.6 Å². The van der Waals surface area contributed by atoms with E-state index < -0.39 is 32.1 Å². The van der Waals surface area contributed by atoms with Gasteiger partial charge in [-0.3, -0.25) is 0 Å². The first kappa shape index (κ1) is 20.2. The zero-order valence-corrected chi connectivity index (χ0v) is 17.1. The molecule has 3 atom stereocenters. The highest BCUT2D eigenvalue weighted by atomic mass is 35.5. The Morgan fingerprint density at radius 1 is 1.17 bits per heavy atom. The van der Waals surface area contributed by atoms with Crippen molar-refractivity contribution >= 4 is 21.4 Å². The summed E-state index contributed by atoms with van der Waals surface area (Å²) in [6, 6.07) is 7.69. The fourth-order valence-electron chi connectivity index (χ4n) is 4.78. The topological polar surface area (TPSA) is 43.4 Å². The molecule has 29 heavy (non-hydrogen) atoms. The molecule has 1 saturated carbocycles. The highest BCUT2D eigenvalue weighted by Gasteiger charge is 2.59. The summed E-state index contributed by atoms with van der Waals surface area (Å²) in [5.41, 5.74) is -0.206. The first-order chi connectivity index (χ1) is 13.8. The summed E-state index contributed by atoms with van der Waals surface area (Å²) in [5.74, 6) is 0.335. The summed E-state index contributed by atoms with van der Waals surface area (Å²) in [7, 11) is -4.09. The van der Waals surface area contributed by atoms with E-state index in [1.54, 1.807) is 0 Å². The molecular weight excluding hydrogens is 418 g/mol. The first-order valence-electron chi connectivity index (χ1n) is 9.36. The lowest BCUT2D eigenvalue weighted by Crippen LogP contribution is -2.52. The van der Waals surface area contributed by atoms with E-state index >= 15 is 4.39 Å². The van der Waals surface area contributed by atoms with Gasteiger partial charge in [0.2, 0.25) is 0 Å². The van der Waals surface area contributed by atoms with Crippen molar-refractivity contribution in [2.75, 3.05) is 6.61 Å². The number of halogens is 3. The molecule has 2 aromatic rings. The van der Waals surface area contributed by atoms with E-state index in [1.165, 1.54) is 24.3 Å². The zero-order chi connectivity index (χ0) is 20.8. The molecule has 1 aliphatic heterocycles. The monoisotopic (exact) mass is 436 g/mol. The predicted octanol–water partition coefficient (Wildman–Crippen LogP) is 5.12. The maximum Gasteiger partial charge on any atom is 0.188 e. The quantitative estimate of drug-likeness (QED) is 0.627. The van der Waals surface area contributed by atoms with Crippen LogP contribution in [0.3, 0.4) is 0 Å².